The predicted octanol–water partition coefficient (Wildman–Crippen LogP) is 2.69. The minimum absolute atomic E-state index is 0.692. The summed E-state index contributed by atoms with van der Waals surface area (Å²) >= 11 is 0. The number of hydrogen-bond acceptors (Lipinski definition) is 2. The number of rotatable bonds is 6. The van der Waals surface area contributed by atoms with Gasteiger partial charge in [-0.05, 0) is 51.6 Å². The zero-order valence-corrected chi connectivity index (χ0v) is 10.8. The van der Waals surface area contributed by atoms with E-state index in [-0.39, 0.29) is 0 Å². The molecule has 2 N–H and O–H groups in total. The quantitative estimate of drug-likeness (QED) is 0.725. The van der Waals surface area contributed by atoms with Crippen LogP contribution < -0.4 is 10.6 Å². The summed E-state index contributed by atoms with van der Waals surface area (Å²) in [5, 5.41) is 7.28. The molecule has 2 heteroatoms. The van der Waals surface area contributed by atoms with Gasteiger partial charge in [0.2, 0.25) is 0 Å². The minimum atomic E-state index is 0.692. The van der Waals surface area contributed by atoms with Gasteiger partial charge in [-0.1, -0.05) is 25.7 Å². The predicted molar refractivity (Wildman–Crippen MR) is 69.7 cm³/mol. The standard InChI is InChI=1S/C14H28N2/c1-12(11-14-7-4-9-16-14)15-10-8-13-5-2-3-6-13/h12-16H,2-11H2,1H3. The Morgan fingerprint density at radius 2 is 2.00 bits per heavy atom. The summed E-state index contributed by atoms with van der Waals surface area (Å²) < 4.78 is 0. The largest absolute Gasteiger partial charge is 0.314 e. The molecule has 2 nitrogen and oxygen atoms in total. The van der Waals surface area contributed by atoms with Crippen molar-refractivity contribution in [3.05, 3.63) is 0 Å². The Kier molecular flexibility index (Phi) is 5.11. The van der Waals surface area contributed by atoms with Crippen molar-refractivity contribution >= 4 is 0 Å². The molecule has 2 aliphatic rings. The van der Waals surface area contributed by atoms with Crippen LogP contribution in [0.15, 0.2) is 0 Å². The maximum Gasteiger partial charge on any atom is 0.00822 e. The van der Waals surface area contributed by atoms with Crippen LogP contribution in [-0.2, 0) is 0 Å². The third-order valence-electron chi connectivity index (χ3n) is 4.32. The van der Waals surface area contributed by atoms with Crippen molar-refractivity contribution in [3.8, 4) is 0 Å². The molecule has 0 radical (unpaired) electrons. The van der Waals surface area contributed by atoms with Crippen molar-refractivity contribution in [1.29, 1.82) is 0 Å². The molecule has 1 saturated heterocycles. The Bertz CT molecular complexity index is 181. The van der Waals surface area contributed by atoms with E-state index in [0.717, 1.165) is 12.0 Å². The summed E-state index contributed by atoms with van der Waals surface area (Å²) in [4.78, 5) is 0. The third kappa shape index (κ3) is 4.06. The lowest BCUT2D eigenvalue weighted by Crippen LogP contribution is -2.34. The molecular weight excluding hydrogens is 196 g/mol. The highest BCUT2D eigenvalue weighted by Crippen LogP contribution is 2.26. The van der Waals surface area contributed by atoms with E-state index in [0.29, 0.717) is 6.04 Å². The van der Waals surface area contributed by atoms with Crippen LogP contribution in [0.2, 0.25) is 0 Å². The molecule has 1 aliphatic heterocycles. The average molecular weight is 224 g/mol. The molecule has 0 spiro atoms. The van der Waals surface area contributed by atoms with Gasteiger partial charge >= 0.3 is 0 Å². The van der Waals surface area contributed by atoms with Crippen LogP contribution in [0.1, 0.15) is 58.3 Å². The van der Waals surface area contributed by atoms with Crippen molar-refractivity contribution in [2.75, 3.05) is 13.1 Å². The van der Waals surface area contributed by atoms with Crippen LogP contribution >= 0.6 is 0 Å². The lowest BCUT2D eigenvalue weighted by molar-refractivity contribution is 0.409. The van der Waals surface area contributed by atoms with Crippen LogP contribution in [0, 0.1) is 5.92 Å². The van der Waals surface area contributed by atoms with Gasteiger partial charge in [0, 0.05) is 12.1 Å². The first-order valence-corrected chi connectivity index (χ1v) is 7.31. The Morgan fingerprint density at radius 3 is 2.69 bits per heavy atom. The first-order valence-electron chi connectivity index (χ1n) is 7.31. The molecule has 94 valence electrons. The monoisotopic (exact) mass is 224 g/mol. The van der Waals surface area contributed by atoms with Gasteiger partial charge in [-0.3, -0.25) is 0 Å². The van der Waals surface area contributed by atoms with E-state index in [2.05, 4.69) is 17.6 Å². The van der Waals surface area contributed by atoms with E-state index < -0.39 is 0 Å². The fraction of sp³-hybridized carbons (Fsp3) is 1.00. The van der Waals surface area contributed by atoms with Crippen LogP contribution in [0.25, 0.3) is 0 Å². The normalized spacial score (nSPS) is 28.7. The van der Waals surface area contributed by atoms with Gasteiger partial charge in [0.25, 0.3) is 0 Å². The van der Waals surface area contributed by atoms with Gasteiger partial charge in [-0.2, -0.15) is 0 Å². The molecule has 0 aromatic carbocycles. The molecule has 16 heavy (non-hydrogen) atoms. The second-order valence-corrected chi connectivity index (χ2v) is 5.82. The highest BCUT2D eigenvalue weighted by Gasteiger charge is 2.18. The fourth-order valence-electron chi connectivity index (χ4n) is 3.30. The number of nitrogens with one attached hydrogen (secondary N) is 2. The van der Waals surface area contributed by atoms with E-state index in [4.69, 9.17) is 0 Å². The van der Waals surface area contributed by atoms with Crippen LogP contribution in [-0.4, -0.2) is 25.2 Å². The summed E-state index contributed by atoms with van der Waals surface area (Å²) in [6.45, 7) is 4.81. The second kappa shape index (κ2) is 6.61. The van der Waals surface area contributed by atoms with Crippen LogP contribution in [0.4, 0.5) is 0 Å². The van der Waals surface area contributed by atoms with Crippen molar-refractivity contribution in [2.45, 2.75) is 70.4 Å². The Hall–Kier alpha value is -0.0800. The molecule has 1 aliphatic carbocycles. The summed E-state index contributed by atoms with van der Waals surface area (Å²) in [5.74, 6) is 1.03. The van der Waals surface area contributed by atoms with Gasteiger partial charge in [-0.25, -0.2) is 0 Å². The molecule has 1 saturated carbocycles. The van der Waals surface area contributed by atoms with Crippen molar-refractivity contribution in [3.63, 3.8) is 0 Å². The van der Waals surface area contributed by atoms with Crippen molar-refractivity contribution in [2.24, 2.45) is 5.92 Å². The second-order valence-electron chi connectivity index (χ2n) is 5.82. The minimum Gasteiger partial charge on any atom is -0.314 e. The maximum atomic E-state index is 3.70. The van der Waals surface area contributed by atoms with Gasteiger partial charge < -0.3 is 10.6 Å². The molecule has 0 aromatic rings. The van der Waals surface area contributed by atoms with Crippen LogP contribution in [0.3, 0.4) is 0 Å². The summed E-state index contributed by atoms with van der Waals surface area (Å²) in [6, 6.07) is 1.48. The molecule has 2 unspecified atom stereocenters. The van der Waals surface area contributed by atoms with Gasteiger partial charge in [0.15, 0.2) is 0 Å². The van der Waals surface area contributed by atoms with Crippen LogP contribution in [0.5, 0.6) is 0 Å². The lowest BCUT2D eigenvalue weighted by Gasteiger charge is -2.19. The zero-order valence-electron chi connectivity index (χ0n) is 10.8. The molecule has 2 fully saturated rings. The topological polar surface area (TPSA) is 24.1 Å². The van der Waals surface area contributed by atoms with Gasteiger partial charge in [-0.15, -0.1) is 0 Å². The van der Waals surface area contributed by atoms with E-state index in [1.54, 1.807) is 0 Å². The molecule has 1 heterocycles. The first kappa shape index (κ1) is 12.4. The molecular formula is C14H28N2. The molecule has 2 atom stereocenters. The van der Waals surface area contributed by atoms with E-state index >= 15 is 0 Å². The van der Waals surface area contributed by atoms with Gasteiger partial charge in [0.05, 0.1) is 0 Å². The van der Waals surface area contributed by atoms with E-state index in [9.17, 15) is 0 Å². The SMILES string of the molecule is CC(CC1CCCN1)NCCC1CCCC1. The van der Waals surface area contributed by atoms with E-state index in [1.807, 2.05) is 0 Å². The highest BCUT2D eigenvalue weighted by molar-refractivity contribution is 4.78. The number of hydrogen-bond donors (Lipinski definition) is 2. The summed E-state index contributed by atoms with van der Waals surface area (Å²) in [7, 11) is 0. The maximum absolute atomic E-state index is 3.70. The van der Waals surface area contributed by atoms with Crippen molar-refractivity contribution in [1.82, 2.24) is 10.6 Å². The zero-order chi connectivity index (χ0) is 11.2. The average Bonchev–Trinajstić information content (AvgIpc) is 2.90. The summed E-state index contributed by atoms with van der Waals surface area (Å²) in [6.07, 6.45) is 11.4. The smallest absolute Gasteiger partial charge is 0.00822 e. The Labute approximate surface area is 101 Å². The molecule has 2 rings (SSSR count). The molecule has 0 aromatic heterocycles. The van der Waals surface area contributed by atoms with Gasteiger partial charge in [0.1, 0.15) is 0 Å². The molecule has 0 bridgehead atoms. The molecule has 0 amide bonds. The summed E-state index contributed by atoms with van der Waals surface area (Å²) in [5.41, 5.74) is 0. The van der Waals surface area contributed by atoms with E-state index in [1.165, 1.54) is 64.5 Å². The Morgan fingerprint density at radius 1 is 1.19 bits per heavy atom. The third-order valence-corrected chi connectivity index (χ3v) is 4.32. The fourth-order valence-corrected chi connectivity index (χ4v) is 3.30. The first-order chi connectivity index (χ1) is 7.84. The van der Waals surface area contributed by atoms with Crippen molar-refractivity contribution < 1.29 is 0 Å². The highest BCUT2D eigenvalue weighted by atomic mass is 15.0. The lowest BCUT2D eigenvalue weighted by atomic mass is 10.0. The Balaban J connectivity index is 1.51.